The number of hydrogen-bond acceptors (Lipinski definition) is 4. The molecule has 1 heterocycles. The Bertz CT molecular complexity index is 654. The number of benzene rings is 1. The number of amides is 1. The molecule has 0 unspecified atom stereocenters. The molecule has 1 amide bonds. The highest BCUT2D eigenvalue weighted by molar-refractivity contribution is 6.02. The van der Waals surface area contributed by atoms with Crippen LogP contribution in [0, 0.1) is 0 Å². The molecule has 2 rings (SSSR count). The molecular weight excluding hydrogens is 294 g/mol. The number of aryl methyl sites for hydroxylation is 2. The first kappa shape index (κ1) is 17.1. The zero-order valence-electron chi connectivity index (χ0n) is 13.8. The Hall–Kier alpha value is -2.27. The Morgan fingerprint density at radius 1 is 1.17 bits per heavy atom. The van der Waals surface area contributed by atoms with Gasteiger partial charge in [-0.1, -0.05) is 13.8 Å². The van der Waals surface area contributed by atoms with E-state index in [1.807, 2.05) is 20.8 Å². The molecule has 0 fully saturated rings. The number of aliphatic hydroxyl groups excluding tert-OH is 1. The predicted octanol–water partition coefficient (Wildman–Crippen LogP) is 3.55. The van der Waals surface area contributed by atoms with Crippen molar-refractivity contribution in [3.63, 3.8) is 0 Å². The standard InChI is InChI=1S/C18H23NO4/c1-4-12-10-17(23-15(12)5-2)18(21)19-14-7-8-16(22-6-3)13(9-14)11-20/h7-10,20H,4-6,11H2,1-3H3,(H,19,21). The van der Waals surface area contributed by atoms with Crippen molar-refractivity contribution in [1.82, 2.24) is 0 Å². The van der Waals surface area contributed by atoms with Gasteiger partial charge in [0.1, 0.15) is 11.5 Å². The average molecular weight is 317 g/mol. The Labute approximate surface area is 136 Å². The van der Waals surface area contributed by atoms with Crippen LogP contribution in [0.1, 0.15) is 48.2 Å². The molecule has 23 heavy (non-hydrogen) atoms. The van der Waals surface area contributed by atoms with Crippen molar-refractivity contribution in [2.24, 2.45) is 0 Å². The minimum atomic E-state index is -0.299. The number of nitrogens with one attached hydrogen (secondary N) is 1. The number of hydrogen-bond donors (Lipinski definition) is 2. The second-order valence-corrected chi connectivity index (χ2v) is 5.13. The molecule has 0 saturated heterocycles. The summed E-state index contributed by atoms with van der Waals surface area (Å²) in [5, 5.41) is 12.2. The van der Waals surface area contributed by atoms with Gasteiger partial charge in [-0.2, -0.15) is 0 Å². The van der Waals surface area contributed by atoms with E-state index in [9.17, 15) is 9.90 Å². The fraction of sp³-hybridized carbons (Fsp3) is 0.389. The SMILES string of the molecule is CCOc1ccc(NC(=O)c2cc(CC)c(CC)o2)cc1CO. The molecule has 5 heteroatoms. The van der Waals surface area contributed by atoms with Crippen LogP contribution in [0.2, 0.25) is 0 Å². The third kappa shape index (κ3) is 3.93. The number of carbonyl (C=O) groups excluding carboxylic acids is 1. The fourth-order valence-corrected chi connectivity index (χ4v) is 2.45. The molecule has 0 aliphatic rings. The van der Waals surface area contributed by atoms with Gasteiger partial charge in [-0.15, -0.1) is 0 Å². The molecule has 0 spiro atoms. The van der Waals surface area contributed by atoms with Gasteiger partial charge >= 0.3 is 0 Å². The lowest BCUT2D eigenvalue weighted by Crippen LogP contribution is -2.11. The van der Waals surface area contributed by atoms with Gasteiger partial charge in [-0.3, -0.25) is 4.79 Å². The van der Waals surface area contributed by atoms with E-state index >= 15 is 0 Å². The summed E-state index contributed by atoms with van der Waals surface area (Å²) in [6.07, 6.45) is 1.59. The third-order valence-electron chi connectivity index (χ3n) is 3.61. The number of anilines is 1. The Morgan fingerprint density at radius 3 is 2.52 bits per heavy atom. The molecule has 2 N–H and O–H groups in total. The van der Waals surface area contributed by atoms with Crippen LogP contribution in [0.25, 0.3) is 0 Å². The maximum absolute atomic E-state index is 12.3. The van der Waals surface area contributed by atoms with Crippen molar-refractivity contribution in [3.8, 4) is 5.75 Å². The van der Waals surface area contributed by atoms with Crippen LogP contribution in [-0.2, 0) is 19.4 Å². The highest BCUT2D eigenvalue weighted by Gasteiger charge is 2.15. The monoisotopic (exact) mass is 317 g/mol. The maximum Gasteiger partial charge on any atom is 0.291 e. The summed E-state index contributed by atoms with van der Waals surface area (Å²) in [5.74, 6) is 1.47. The fourth-order valence-electron chi connectivity index (χ4n) is 2.45. The molecule has 0 radical (unpaired) electrons. The van der Waals surface area contributed by atoms with E-state index in [4.69, 9.17) is 9.15 Å². The first-order chi connectivity index (χ1) is 11.1. The van der Waals surface area contributed by atoms with Crippen LogP contribution in [0.5, 0.6) is 5.75 Å². The van der Waals surface area contributed by atoms with Gasteiger partial charge in [0.25, 0.3) is 5.91 Å². The van der Waals surface area contributed by atoms with Crippen LogP contribution in [-0.4, -0.2) is 17.6 Å². The molecule has 5 nitrogen and oxygen atoms in total. The second kappa shape index (κ2) is 7.83. The van der Waals surface area contributed by atoms with E-state index < -0.39 is 0 Å². The summed E-state index contributed by atoms with van der Waals surface area (Å²) in [6.45, 7) is 6.28. The van der Waals surface area contributed by atoms with Crippen molar-refractivity contribution in [3.05, 3.63) is 46.9 Å². The summed E-state index contributed by atoms with van der Waals surface area (Å²) in [4.78, 5) is 12.3. The molecule has 0 aliphatic heterocycles. The molecule has 1 aromatic carbocycles. The van der Waals surface area contributed by atoms with Crippen LogP contribution in [0.15, 0.2) is 28.7 Å². The average Bonchev–Trinajstić information content (AvgIpc) is 3.00. The van der Waals surface area contributed by atoms with E-state index in [0.29, 0.717) is 29.4 Å². The Kier molecular flexibility index (Phi) is 5.82. The van der Waals surface area contributed by atoms with Crippen molar-refractivity contribution < 1.29 is 19.1 Å². The lowest BCUT2D eigenvalue weighted by Gasteiger charge is -2.10. The van der Waals surface area contributed by atoms with Gasteiger partial charge in [0, 0.05) is 17.7 Å². The van der Waals surface area contributed by atoms with Gasteiger partial charge in [0.05, 0.1) is 13.2 Å². The van der Waals surface area contributed by atoms with Gasteiger partial charge < -0.3 is 19.6 Å². The van der Waals surface area contributed by atoms with Crippen molar-refractivity contribution in [1.29, 1.82) is 0 Å². The third-order valence-corrected chi connectivity index (χ3v) is 3.61. The number of carbonyl (C=O) groups is 1. The zero-order valence-corrected chi connectivity index (χ0v) is 13.8. The first-order valence-electron chi connectivity index (χ1n) is 7.92. The highest BCUT2D eigenvalue weighted by atomic mass is 16.5. The highest BCUT2D eigenvalue weighted by Crippen LogP contribution is 2.24. The van der Waals surface area contributed by atoms with Crippen LogP contribution < -0.4 is 10.1 Å². The first-order valence-corrected chi connectivity index (χ1v) is 7.92. The molecule has 0 saturated carbocycles. The molecule has 0 aliphatic carbocycles. The minimum absolute atomic E-state index is 0.153. The normalized spacial score (nSPS) is 10.6. The molecule has 124 valence electrons. The zero-order chi connectivity index (χ0) is 16.8. The quantitative estimate of drug-likeness (QED) is 0.819. The van der Waals surface area contributed by atoms with Crippen molar-refractivity contribution in [2.45, 2.75) is 40.2 Å². The largest absolute Gasteiger partial charge is 0.494 e. The van der Waals surface area contributed by atoms with Crippen LogP contribution in [0.3, 0.4) is 0 Å². The van der Waals surface area contributed by atoms with Crippen LogP contribution >= 0.6 is 0 Å². The summed E-state index contributed by atoms with van der Waals surface area (Å²) >= 11 is 0. The van der Waals surface area contributed by atoms with Gasteiger partial charge in [0.15, 0.2) is 5.76 Å². The number of furan rings is 1. The van der Waals surface area contributed by atoms with E-state index in [0.717, 1.165) is 24.2 Å². The van der Waals surface area contributed by atoms with Crippen molar-refractivity contribution >= 4 is 11.6 Å². The lowest BCUT2D eigenvalue weighted by atomic mass is 10.1. The Morgan fingerprint density at radius 2 is 1.96 bits per heavy atom. The number of aliphatic hydroxyl groups is 1. The Balaban J connectivity index is 2.18. The van der Waals surface area contributed by atoms with E-state index in [2.05, 4.69) is 5.32 Å². The second-order valence-electron chi connectivity index (χ2n) is 5.13. The number of rotatable bonds is 7. The molecule has 0 bridgehead atoms. The van der Waals surface area contributed by atoms with Gasteiger partial charge in [-0.25, -0.2) is 0 Å². The molecule has 1 aromatic heterocycles. The topological polar surface area (TPSA) is 71.7 Å². The number of ether oxygens (including phenoxy) is 1. The smallest absolute Gasteiger partial charge is 0.291 e. The van der Waals surface area contributed by atoms with Gasteiger partial charge in [-0.05, 0) is 43.2 Å². The minimum Gasteiger partial charge on any atom is -0.494 e. The predicted molar refractivity (Wildman–Crippen MR) is 89.0 cm³/mol. The van der Waals surface area contributed by atoms with E-state index in [1.165, 1.54) is 0 Å². The van der Waals surface area contributed by atoms with Crippen LogP contribution in [0.4, 0.5) is 5.69 Å². The summed E-state index contributed by atoms with van der Waals surface area (Å²) < 4.78 is 11.1. The van der Waals surface area contributed by atoms with E-state index in [1.54, 1.807) is 24.3 Å². The van der Waals surface area contributed by atoms with Gasteiger partial charge in [0.2, 0.25) is 0 Å². The maximum atomic E-state index is 12.3. The molecule has 0 atom stereocenters. The van der Waals surface area contributed by atoms with Crippen molar-refractivity contribution in [2.75, 3.05) is 11.9 Å². The van der Waals surface area contributed by atoms with E-state index in [-0.39, 0.29) is 12.5 Å². The summed E-state index contributed by atoms with van der Waals surface area (Å²) in [7, 11) is 0. The lowest BCUT2D eigenvalue weighted by molar-refractivity contribution is 0.0995. The summed E-state index contributed by atoms with van der Waals surface area (Å²) in [6, 6.07) is 6.97. The molecular formula is C18H23NO4. The summed E-state index contributed by atoms with van der Waals surface area (Å²) in [5.41, 5.74) is 2.28. The molecule has 2 aromatic rings.